The average molecular weight is 553 g/mol. The standard InChI is InChI=1S/C33H44O7/c1-2-34-18-19-35-20-21-36-22-23-37-24-25-38-26-27-39-28-29-40-33(30-12-6-3-7-13-30,31-14-8-4-9-15-31)32-16-10-5-11-17-32/h3-17H,2,18-29H2,1H3. The van der Waals surface area contributed by atoms with Crippen LogP contribution in [-0.4, -0.2) is 85.9 Å². The number of ether oxygens (including phenoxy) is 7. The van der Waals surface area contributed by atoms with E-state index in [0.29, 0.717) is 85.9 Å². The first-order valence-electron chi connectivity index (χ1n) is 14.1. The maximum atomic E-state index is 6.71. The molecule has 7 nitrogen and oxygen atoms in total. The van der Waals surface area contributed by atoms with Gasteiger partial charge in [0, 0.05) is 6.61 Å². The van der Waals surface area contributed by atoms with Crippen molar-refractivity contribution in [1.82, 2.24) is 0 Å². The van der Waals surface area contributed by atoms with Crippen molar-refractivity contribution in [3.8, 4) is 0 Å². The maximum absolute atomic E-state index is 6.71. The summed E-state index contributed by atoms with van der Waals surface area (Å²) in [6.07, 6.45) is 0. The van der Waals surface area contributed by atoms with E-state index >= 15 is 0 Å². The van der Waals surface area contributed by atoms with Crippen LogP contribution in [0.2, 0.25) is 0 Å². The molecule has 0 aromatic heterocycles. The Balaban J connectivity index is 1.31. The number of hydrogen-bond acceptors (Lipinski definition) is 7. The molecule has 0 aliphatic rings. The van der Waals surface area contributed by atoms with E-state index in [4.69, 9.17) is 33.2 Å². The summed E-state index contributed by atoms with van der Waals surface area (Å²) in [5.41, 5.74) is 2.49. The predicted molar refractivity (Wildman–Crippen MR) is 156 cm³/mol. The molecule has 0 atom stereocenters. The van der Waals surface area contributed by atoms with Gasteiger partial charge in [0.15, 0.2) is 0 Å². The number of benzene rings is 3. The van der Waals surface area contributed by atoms with E-state index < -0.39 is 5.60 Å². The molecule has 0 N–H and O–H groups in total. The van der Waals surface area contributed by atoms with Gasteiger partial charge in [0.2, 0.25) is 0 Å². The molecule has 0 saturated heterocycles. The molecule has 218 valence electrons. The van der Waals surface area contributed by atoms with Gasteiger partial charge < -0.3 is 33.2 Å². The summed E-state index contributed by atoms with van der Waals surface area (Å²) in [6.45, 7) is 8.99. The minimum Gasteiger partial charge on any atom is -0.379 e. The van der Waals surface area contributed by atoms with Gasteiger partial charge in [0.05, 0.1) is 79.3 Å². The minimum absolute atomic E-state index is 0.430. The Morgan fingerprint density at radius 3 is 0.950 bits per heavy atom. The van der Waals surface area contributed by atoms with Crippen LogP contribution >= 0.6 is 0 Å². The SMILES string of the molecule is CCOCCOCCOCCOCCOCCOCCOC(c1ccccc1)(c1ccccc1)c1ccccc1. The first-order valence-corrected chi connectivity index (χ1v) is 14.1. The summed E-state index contributed by atoms with van der Waals surface area (Å²) < 4.78 is 39.7. The van der Waals surface area contributed by atoms with E-state index in [1.807, 2.05) is 61.5 Å². The van der Waals surface area contributed by atoms with Crippen LogP contribution in [0.1, 0.15) is 23.6 Å². The highest BCUT2D eigenvalue weighted by Gasteiger charge is 2.37. The zero-order valence-corrected chi connectivity index (χ0v) is 23.7. The molecule has 0 unspecified atom stereocenters. The molecule has 7 heteroatoms. The van der Waals surface area contributed by atoms with E-state index in [1.54, 1.807) is 0 Å². The second-order valence-corrected chi connectivity index (χ2v) is 8.89. The molecule has 0 spiro atoms. The summed E-state index contributed by atoms with van der Waals surface area (Å²) in [5.74, 6) is 0. The molecule has 3 rings (SSSR count). The zero-order chi connectivity index (χ0) is 28.0. The Bertz CT molecular complexity index is 889. The van der Waals surface area contributed by atoms with Crippen LogP contribution in [0.4, 0.5) is 0 Å². The van der Waals surface area contributed by atoms with E-state index in [1.165, 1.54) is 0 Å². The van der Waals surface area contributed by atoms with Crippen molar-refractivity contribution in [2.24, 2.45) is 0 Å². The molecule has 0 aliphatic carbocycles. The maximum Gasteiger partial charge on any atom is 0.143 e. The van der Waals surface area contributed by atoms with Crippen molar-refractivity contribution >= 4 is 0 Å². The third-order valence-electron chi connectivity index (χ3n) is 6.15. The highest BCUT2D eigenvalue weighted by molar-refractivity contribution is 5.47. The van der Waals surface area contributed by atoms with E-state index in [0.717, 1.165) is 16.7 Å². The average Bonchev–Trinajstić information content (AvgIpc) is 3.01. The lowest BCUT2D eigenvalue weighted by Crippen LogP contribution is -2.34. The first kappa shape index (κ1) is 31.9. The highest BCUT2D eigenvalue weighted by atomic mass is 16.6. The minimum atomic E-state index is -0.735. The lowest BCUT2D eigenvalue weighted by molar-refractivity contribution is -0.0394. The molecule has 0 aliphatic heterocycles. The van der Waals surface area contributed by atoms with Crippen LogP contribution in [-0.2, 0) is 38.8 Å². The van der Waals surface area contributed by atoms with Crippen LogP contribution in [0.5, 0.6) is 0 Å². The van der Waals surface area contributed by atoms with Crippen molar-refractivity contribution < 1.29 is 33.2 Å². The Kier molecular flexibility index (Phi) is 16.2. The Morgan fingerprint density at radius 1 is 0.375 bits per heavy atom. The van der Waals surface area contributed by atoms with Gasteiger partial charge in [-0.25, -0.2) is 0 Å². The second kappa shape index (κ2) is 20.3. The summed E-state index contributed by atoms with van der Waals surface area (Å²) in [4.78, 5) is 0. The van der Waals surface area contributed by atoms with Gasteiger partial charge in [-0.05, 0) is 23.6 Å². The molecule has 3 aromatic rings. The van der Waals surface area contributed by atoms with Crippen LogP contribution in [0.3, 0.4) is 0 Å². The third-order valence-corrected chi connectivity index (χ3v) is 6.15. The van der Waals surface area contributed by atoms with Crippen molar-refractivity contribution in [3.05, 3.63) is 108 Å². The van der Waals surface area contributed by atoms with Gasteiger partial charge in [0.25, 0.3) is 0 Å². The second-order valence-electron chi connectivity index (χ2n) is 8.89. The van der Waals surface area contributed by atoms with Crippen molar-refractivity contribution in [1.29, 1.82) is 0 Å². The van der Waals surface area contributed by atoms with Gasteiger partial charge in [-0.2, -0.15) is 0 Å². The lowest BCUT2D eigenvalue weighted by Gasteiger charge is -2.36. The number of rotatable bonds is 23. The molecule has 3 aromatic carbocycles. The van der Waals surface area contributed by atoms with Gasteiger partial charge in [-0.3, -0.25) is 0 Å². The van der Waals surface area contributed by atoms with Gasteiger partial charge in [-0.15, -0.1) is 0 Å². The fraction of sp³-hybridized carbons (Fsp3) is 0.455. The first-order chi connectivity index (χ1) is 19.9. The summed E-state index contributed by atoms with van der Waals surface area (Å²) in [6, 6.07) is 31.0. The summed E-state index contributed by atoms with van der Waals surface area (Å²) in [7, 11) is 0. The molecular formula is C33H44O7. The molecule has 0 amide bonds. The normalized spacial score (nSPS) is 11.6. The lowest BCUT2D eigenvalue weighted by atomic mass is 9.80. The molecule has 0 fully saturated rings. The van der Waals surface area contributed by atoms with Crippen molar-refractivity contribution in [2.45, 2.75) is 12.5 Å². The Hall–Kier alpha value is -2.62. The predicted octanol–water partition coefficient (Wildman–Crippen LogP) is 5.11. The van der Waals surface area contributed by atoms with E-state index in [2.05, 4.69) is 36.4 Å². The van der Waals surface area contributed by atoms with Crippen LogP contribution in [0, 0.1) is 0 Å². The molecule has 40 heavy (non-hydrogen) atoms. The molecule has 0 saturated carbocycles. The fourth-order valence-electron chi connectivity index (χ4n) is 4.27. The molecule has 0 radical (unpaired) electrons. The van der Waals surface area contributed by atoms with Crippen LogP contribution < -0.4 is 0 Å². The zero-order valence-electron chi connectivity index (χ0n) is 23.7. The molecule has 0 bridgehead atoms. The van der Waals surface area contributed by atoms with Crippen molar-refractivity contribution in [2.75, 3.05) is 85.9 Å². The summed E-state index contributed by atoms with van der Waals surface area (Å²) in [5, 5.41) is 0. The Morgan fingerprint density at radius 2 is 0.650 bits per heavy atom. The van der Waals surface area contributed by atoms with E-state index in [9.17, 15) is 0 Å². The highest BCUT2D eigenvalue weighted by Crippen LogP contribution is 2.40. The smallest absolute Gasteiger partial charge is 0.143 e. The van der Waals surface area contributed by atoms with Gasteiger partial charge >= 0.3 is 0 Å². The Labute approximate surface area is 239 Å². The number of hydrogen-bond donors (Lipinski definition) is 0. The summed E-state index contributed by atoms with van der Waals surface area (Å²) >= 11 is 0. The molecular weight excluding hydrogens is 508 g/mol. The van der Waals surface area contributed by atoms with Gasteiger partial charge in [0.1, 0.15) is 5.60 Å². The largest absolute Gasteiger partial charge is 0.379 e. The third kappa shape index (κ3) is 11.1. The van der Waals surface area contributed by atoms with Crippen molar-refractivity contribution in [3.63, 3.8) is 0 Å². The molecule has 0 heterocycles. The topological polar surface area (TPSA) is 64.6 Å². The monoisotopic (exact) mass is 552 g/mol. The van der Waals surface area contributed by atoms with Gasteiger partial charge in [-0.1, -0.05) is 91.0 Å². The fourth-order valence-corrected chi connectivity index (χ4v) is 4.27. The van der Waals surface area contributed by atoms with E-state index in [-0.39, 0.29) is 0 Å². The van der Waals surface area contributed by atoms with Crippen LogP contribution in [0.25, 0.3) is 0 Å². The van der Waals surface area contributed by atoms with Crippen LogP contribution in [0.15, 0.2) is 91.0 Å². The quantitative estimate of drug-likeness (QED) is 0.120.